The van der Waals surface area contributed by atoms with Crippen molar-refractivity contribution < 1.29 is 9.53 Å². The van der Waals surface area contributed by atoms with Gasteiger partial charge < -0.3 is 25.2 Å². The van der Waals surface area contributed by atoms with E-state index in [9.17, 15) is 4.79 Å². The van der Waals surface area contributed by atoms with Crippen molar-refractivity contribution >= 4 is 34.6 Å². The standard InChI is InChI=1S/2C19H25N3O.C18H23ClN2/c1-23-19-5-3-15(13-20)12-18(19)22-8-6-21(7-9-22)17-11-14-2-4-16(17)10-14;20-19(23)17-3-1-2-4-18(17)22-9-7-21(8-10-22)13-16-12-14-5-6-15(16)11-14;19-17-3-1-2-4-18(17)21-9-7-20(8-10-21)13-16-12-14-5-6-15(16)11-14/h3,5,12,14,16-17H,2,4,6-11H2,1H3;1-6,14-16H,7-13H2,(H2,20,23);1-6,14-16H,7-13H2. The maximum absolute atomic E-state index is 11.6. The third-order valence-corrected chi connectivity index (χ3v) is 17.7. The number of allylic oxidation sites excluding steroid dienone is 4. The zero-order valence-electron chi connectivity index (χ0n) is 39.8. The summed E-state index contributed by atoms with van der Waals surface area (Å²) >= 11 is 6.31. The molecule has 3 aromatic carbocycles. The largest absolute Gasteiger partial charge is 0.495 e. The molecule has 0 aromatic heterocycles. The molecule has 3 heterocycles. The zero-order chi connectivity index (χ0) is 45.9. The Bertz CT molecular complexity index is 2270. The summed E-state index contributed by atoms with van der Waals surface area (Å²) < 4.78 is 5.50. The van der Waals surface area contributed by atoms with Crippen molar-refractivity contribution in [1.29, 1.82) is 5.26 Å². The molecule has 3 saturated heterocycles. The number of piperazine rings is 3. The van der Waals surface area contributed by atoms with Crippen molar-refractivity contribution in [1.82, 2.24) is 14.7 Å². The second-order valence-corrected chi connectivity index (χ2v) is 21.7. The Morgan fingerprint density at radius 1 is 0.657 bits per heavy atom. The lowest BCUT2D eigenvalue weighted by Crippen LogP contribution is -2.51. The van der Waals surface area contributed by atoms with Crippen LogP contribution in [-0.4, -0.2) is 125 Å². The number of nitriles is 1. The van der Waals surface area contributed by atoms with E-state index in [4.69, 9.17) is 27.3 Å². The van der Waals surface area contributed by atoms with Crippen LogP contribution in [0.25, 0.3) is 0 Å². The fraction of sp³-hybridized carbons (Fsp3) is 0.571. The van der Waals surface area contributed by atoms with Crippen LogP contribution in [0.15, 0.2) is 91.0 Å². The van der Waals surface area contributed by atoms with Gasteiger partial charge in [-0.2, -0.15) is 5.26 Å². The van der Waals surface area contributed by atoms with Gasteiger partial charge in [-0.05, 0) is 135 Å². The molecule has 2 N–H and O–H groups in total. The number of primary amides is 1. The average Bonchev–Trinajstić information content (AvgIpc) is 4.27. The Morgan fingerprint density at radius 3 is 1.73 bits per heavy atom. The number of benzene rings is 3. The van der Waals surface area contributed by atoms with Crippen molar-refractivity contribution in [3.05, 3.63) is 107 Å². The van der Waals surface area contributed by atoms with Crippen LogP contribution in [0, 0.1) is 58.7 Å². The molecule has 7 fully saturated rings. The fourth-order valence-electron chi connectivity index (χ4n) is 13.8. The second kappa shape index (κ2) is 21.0. The highest BCUT2D eigenvalue weighted by atomic mass is 35.5. The topological polar surface area (TPSA) is 95.5 Å². The first-order chi connectivity index (χ1) is 32.8. The Balaban J connectivity index is 0.000000118. The highest BCUT2D eigenvalue weighted by molar-refractivity contribution is 6.33. The quantitative estimate of drug-likeness (QED) is 0.201. The number of halogens is 1. The molecule has 0 spiro atoms. The Kier molecular flexibility index (Phi) is 14.5. The van der Waals surface area contributed by atoms with E-state index in [1.54, 1.807) is 7.11 Å². The molecule has 12 rings (SSSR count). The first kappa shape index (κ1) is 46.2. The van der Waals surface area contributed by atoms with E-state index in [1.165, 1.54) is 83.2 Å². The van der Waals surface area contributed by atoms with Crippen LogP contribution in [0.5, 0.6) is 5.75 Å². The van der Waals surface area contributed by atoms with E-state index >= 15 is 0 Å². The van der Waals surface area contributed by atoms with Gasteiger partial charge in [-0.3, -0.25) is 19.5 Å². The van der Waals surface area contributed by atoms with Crippen LogP contribution in [0.1, 0.15) is 67.3 Å². The molecular weight excluding hydrogens is 852 g/mol. The number of methoxy groups -OCH3 is 1. The summed E-state index contributed by atoms with van der Waals surface area (Å²) in [5.74, 6) is 7.72. The van der Waals surface area contributed by atoms with Gasteiger partial charge in [0.05, 0.1) is 40.7 Å². The Labute approximate surface area is 405 Å². The first-order valence-corrected chi connectivity index (χ1v) is 26.2. The van der Waals surface area contributed by atoms with Crippen molar-refractivity contribution in [3.8, 4) is 11.8 Å². The van der Waals surface area contributed by atoms with Gasteiger partial charge in [-0.15, -0.1) is 0 Å². The molecule has 9 unspecified atom stereocenters. The van der Waals surface area contributed by atoms with Gasteiger partial charge in [0.15, 0.2) is 0 Å². The maximum atomic E-state index is 11.6. The van der Waals surface area contributed by atoms with Gasteiger partial charge in [0.25, 0.3) is 5.91 Å². The summed E-state index contributed by atoms with van der Waals surface area (Å²) in [7, 11) is 1.70. The summed E-state index contributed by atoms with van der Waals surface area (Å²) in [5.41, 5.74) is 10.1. The number of fused-ring (bicyclic) bond motifs is 6. The number of carbonyl (C=O) groups excluding carboxylic acids is 1. The molecule has 9 atom stereocenters. The number of hydrogen-bond acceptors (Lipinski definition) is 9. The number of para-hydroxylation sites is 2. The lowest BCUT2D eigenvalue weighted by molar-refractivity contribution is 0.100. The van der Waals surface area contributed by atoms with Crippen molar-refractivity contribution in [2.75, 3.05) is 113 Å². The van der Waals surface area contributed by atoms with Crippen LogP contribution >= 0.6 is 11.6 Å². The minimum Gasteiger partial charge on any atom is -0.495 e. The fourth-order valence-corrected chi connectivity index (χ4v) is 14.1. The van der Waals surface area contributed by atoms with Crippen LogP contribution in [0.4, 0.5) is 17.1 Å². The summed E-state index contributed by atoms with van der Waals surface area (Å²) in [4.78, 5) is 26.7. The number of amides is 1. The van der Waals surface area contributed by atoms with Gasteiger partial charge in [0, 0.05) is 103 Å². The molecular formula is C56H73ClN8O2. The highest BCUT2D eigenvalue weighted by Gasteiger charge is 2.43. The SMILES string of the molecule is COc1ccc(C#N)cc1N1CCN(C2CC3CCC2C3)CC1.Clc1ccccc1N1CCN(CC2CC3C=CC2C3)CC1.NC(=O)c1ccccc1N1CCN(CC2CC3C=CC2C3)CC1. The molecule has 0 radical (unpaired) electrons. The third kappa shape index (κ3) is 10.6. The van der Waals surface area contributed by atoms with Crippen molar-refractivity contribution in [2.45, 2.75) is 57.4 Å². The number of nitrogens with zero attached hydrogens (tertiary/aromatic N) is 7. The smallest absolute Gasteiger partial charge is 0.250 e. The molecule has 11 heteroatoms. The predicted octanol–water partition coefficient (Wildman–Crippen LogP) is 8.67. The van der Waals surface area contributed by atoms with Gasteiger partial charge in [-0.1, -0.05) is 66.6 Å². The van der Waals surface area contributed by atoms with Crippen LogP contribution < -0.4 is 25.2 Å². The lowest BCUT2D eigenvalue weighted by Gasteiger charge is -2.42. The minimum absolute atomic E-state index is 0.336. The van der Waals surface area contributed by atoms with E-state index in [2.05, 4.69) is 71.9 Å². The number of anilines is 3. The number of rotatable bonds is 10. The van der Waals surface area contributed by atoms with Crippen LogP contribution in [0.3, 0.4) is 0 Å². The van der Waals surface area contributed by atoms with Gasteiger partial charge in [0.2, 0.25) is 0 Å². The van der Waals surface area contributed by atoms with E-state index in [-0.39, 0.29) is 5.91 Å². The molecule has 3 aromatic rings. The highest BCUT2D eigenvalue weighted by Crippen LogP contribution is 2.48. The normalized spacial score (nSPS) is 30.8. The minimum atomic E-state index is -0.336. The van der Waals surface area contributed by atoms with Crippen molar-refractivity contribution in [2.24, 2.45) is 53.1 Å². The predicted molar refractivity (Wildman–Crippen MR) is 272 cm³/mol. The summed E-state index contributed by atoms with van der Waals surface area (Å²) in [6.45, 7) is 15.5. The monoisotopic (exact) mass is 925 g/mol. The molecule has 9 aliphatic rings. The number of carbonyl (C=O) groups is 1. The summed E-state index contributed by atoms with van der Waals surface area (Å²) in [5, 5.41) is 10.0. The van der Waals surface area contributed by atoms with E-state index in [0.717, 1.165) is 141 Å². The Morgan fingerprint density at radius 2 is 1.22 bits per heavy atom. The van der Waals surface area contributed by atoms with Crippen LogP contribution in [0.2, 0.25) is 5.02 Å². The lowest BCUT2D eigenvalue weighted by atomic mass is 9.93. The van der Waals surface area contributed by atoms with Gasteiger partial charge in [0.1, 0.15) is 5.75 Å². The number of hydrogen-bond donors (Lipinski definition) is 1. The molecule has 4 saturated carbocycles. The molecule has 3 aliphatic heterocycles. The van der Waals surface area contributed by atoms with E-state index in [1.807, 2.05) is 54.6 Å². The molecule has 10 nitrogen and oxygen atoms in total. The molecule has 67 heavy (non-hydrogen) atoms. The summed E-state index contributed by atoms with van der Waals surface area (Å²) in [6, 6.07) is 24.7. The number of nitrogens with two attached hydrogens (primary N) is 1. The molecule has 356 valence electrons. The first-order valence-electron chi connectivity index (χ1n) is 25.8. The Hall–Kier alpha value is -4.53. The zero-order valence-corrected chi connectivity index (χ0v) is 40.6. The van der Waals surface area contributed by atoms with E-state index < -0.39 is 0 Å². The average molecular weight is 926 g/mol. The molecule has 1 amide bonds. The van der Waals surface area contributed by atoms with Crippen LogP contribution in [-0.2, 0) is 0 Å². The second-order valence-electron chi connectivity index (χ2n) is 21.3. The van der Waals surface area contributed by atoms with Gasteiger partial charge in [-0.25, -0.2) is 0 Å². The summed E-state index contributed by atoms with van der Waals surface area (Å²) in [6.07, 6.45) is 21.2. The van der Waals surface area contributed by atoms with E-state index in [0.29, 0.717) is 11.1 Å². The van der Waals surface area contributed by atoms with Crippen molar-refractivity contribution in [3.63, 3.8) is 0 Å². The number of ether oxygens (including phenoxy) is 1. The van der Waals surface area contributed by atoms with Gasteiger partial charge >= 0.3 is 0 Å². The molecule has 6 aliphatic carbocycles. The maximum Gasteiger partial charge on any atom is 0.250 e. The molecule has 6 bridgehead atoms. The third-order valence-electron chi connectivity index (χ3n) is 17.4.